The maximum atomic E-state index is 13.5. The smallest absolute Gasteiger partial charge is 0.416 e. The van der Waals surface area contributed by atoms with Crippen LogP contribution in [0.5, 0.6) is 5.88 Å². The Bertz CT molecular complexity index is 822. The summed E-state index contributed by atoms with van der Waals surface area (Å²) < 4.78 is 46.2. The van der Waals surface area contributed by atoms with E-state index in [2.05, 4.69) is 15.3 Å². The Morgan fingerprint density at radius 1 is 1.15 bits per heavy atom. The zero-order valence-electron chi connectivity index (χ0n) is 14.5. The Kier molecular flexibility index (Phi) is 5.81. The second kappa shape index (κ2) is 7.53. The van der Waals surface area contributed by atoms with E-state index in [1.165, 1.54) is 12.1 Å². The van der Waals surface area contributed by atoms with Gasteiger partial charge in [0, 0.05) is 6.20 Å². The molecule has 4 nitrogen and oxygen atoms in total. The van der Waals surface area contributed by atoms with Gasteiger partial charge in [-0.15, -0.1) is 12.4 Å². The quantitative estimate of drug-likeness (QED) is 0.785. The second-order valence-electron chi connectivity index (χ2n) is 6.07. The Morgan fingerprint density at radius 3 is 2.50 bits per heavy atom. The van der Waals surface area contributed by atoms with E-state index in [4.69, 9.17) is 4.74 Å². The number of ether oxygens (including phenoxy) is 1. The zero-order chi connectivity index (χ0) is 18.2. The van der Waals surface area contributed by atoms with Crippen molar-refractivity contribution in [3.63, 3.8) is 0 Å². The SMILES string of the molecule is CC1=NC(c2ccccc2C(F)(F)F)c2c(ccnc2OC(C)C)N1.Cl. The van der Waals surface area contributed by atoms with E-state index in [0.717, 1.165) is 6.07 Å². The van der Waals surface area contributed by atoms with Gasteiger partial charge in [-0.25, -0.2) is 4.98 Å². The van der Waals surface area contributed by atoms with E-state index >= 15 is 0 Å². The van der Waals surface area contributed by atoms with Crippen LogP contribution in [0, 0.1) is 0 Å². The summed E-state index contributed by atoms with van der Waals surface area (Å²) >= 11 is 0. The van der Waals surface area contributed by atoms with Gasteiger partial charge < -0.3 is 10.1 Å². The number of amidine groups is 1. The molecule has 1 atom stereocenters. The molecule has 0 amide bonds. The Hall–Kier alpha value is -2.28. The molecule has 1 aromatic carbocycles. The molecule has 26 heavy (non-hydrogen) atoms. The van der Waals surface area contributed by atoms with Gasteiger partial charge in [-0.05, 0) is 38.5 Å². The highest BCUT2D eigenvalue weighted by Gasteiger charge is 2.37. The highest BCUT2D eigenvalue weighted by atomic mass is 35.5. The second-order valence-corrected chi connectivity index (χ2v) is 6.07. The predicted molar refractivity (Wildman–Crippen MR) is 97.3 cm³/mol. The average molecular weight is 386 g/mol. The van der Waals surface area contributed by atoms with Crippen LogP contribution in [0.15, 0.2) is 41.5 Å². The van der Waals surface area contributed by atoms with E-state index in [-0.39, 0.29) is 24.1 Å². The molecular weight excluding hydrogens is 367 g/mol. The molecule has 0 saturated heterocycles. The number of halogens is 4. The van der Waals surface area contributed by atoms with Crippen LogP contribution in [0.4, 0.5) is 18.9 Å². The first-order chi connectivity index (χ1) is 11.8. The summed E-state index contributed by atoms with van der Waals surface area (Å²) in [6.07, 6.45) is -3.06. The van der Waals surface area contributed by atoms with Crippen molar-refractivity contribution in [2.24, 2.45) is 4.99 Å². The summed E-state index contributed by atoms with van der Waals surface area (Å²) in [5.74, 6) is 0.828. The number of aromatic nitrogens is 1. The van der Waals surface area contributed by atoms with Crippen molar-refractivity contribution in [1.29, 1.82) is 0 Å². The minimum Gasteiger partial charge on any atom is -0.475 e. The molecule has 8 heteroatoms. The maximum absolute atomic E-state index is 13.5. The molecule has 0 spiro atoms. The van der Waals surface area contributed by atoms with Crippen LogP contribution in [0.2, 0.25) is 0 Å². The van der Waals surface area contributed by atoms with Crippen LogP contribution in [0.25, 0.3) is 0 Å². The van der Waals surface area contributed by atoms with E-state index in [1.54, 1.807) is 25.3 Å². The molecule has 1 aromatic heterocycles. The van der Waals surface area contributed by atoms with Crippen molar-refractivity contribution in [2.75, 3.05) is 5.32 Å². The Morgan fingerprint density at radius 2 is 1.85 bits per heavy atom. The third-order valence-corrected chi connectivity index (χ3v) is 3.77. The van der Waals surface area contributed by atoms with E-state index in [1.807, 2.05) is 13.8 Å². The van der Waals surface area contributed by atoms with Gasteiger partial charge in [-0.2, -0.15) is 13.2 Å². The molecule has 0 aliphatic carbocycles. The molecule has 1 aliphatic heterocycles. The fraction of sp³-hybridized carbons (Fsp3) is 0.333. The number of aliphatic imine (C=N–C) groups is 1. The van der Waals surface area contributed by atoms with Crippen molar-refractivity contribution < 1.29 is 17.9 Å². The summed E-state index contributed by atoms with van der Waals surface area (Å²) in [6, 6.07) is 6.35. The predicted octanol–water partition coefficient (Wildman–Crippen LogP) is 5.24. The molecule has 1 aliphatic rings. The number of nitrogens with one attached hydrogen (secondary N) is 1. The highest BCUT2D eigenvalue weighted by Crippen LogP contribution is 2.44. The van der Waals surface area contributed by atoms with Crippen LogP contribution < -0.4 is 10.1 Å². The monoisotopic (exact) mass is 385 g/mol. The van der Waals surface area contributed by atoms with E-state index in [0.29, 0.717) is 23.0 Å². The summed E-state index contributed by atoms with van der Waals surface area (Å²) in [5, 5.41) is 3.08. The molecule has 1 N–H and O–H groups in total. The molecule has 1 unspecified atom stereocenters. The first kappa shape index (κ1) is 20.0. The number of nitrogens with zero attached hydrogens (tertiary/aromatic N) is 2. The fourth-order valence-corrected chi connectivity index (χ4v) is 2.85. The largest absolute Gasteiger partial charge is 0.475 e. The summed E-state index contributed by atoms with van der Waals surface area (Å²) in [6.45, 7) is 5.39. The van der Waals surface area contributed by atoms with Gasteiger partial charge in [0.05, 0.1) is 28.8 Å². The Balaban J connectivity index is 0.00000243. The molecule has 2 aromatic rings. The fourth-order valence-electron chi connectivity index (χ4n) is 2.85. The van der Waals surface area contributed by atoms with E-state index < -0.39 is 17.8 Å². The molecule has 0 radical (unpaired) electrons. The number of benzene rings is 1. The maximum Gasteiger partial charge on any atom is 0.416 e. The first-order valence-corrected chi connectivity index (χ1v) is 7.90. The van der Waals surface area contributed by atoms with Crippen LogP contribution >= 0.6 is 12.4 Å². The third-order valence-electron chi connectivity index (χ3n) is 3.77. The lowest BCUT2D eigenvalue weighted by molar-refractivity contribution is -0.138. The molecule has 2 heterocycles. The molecule has 0 saturated carbocycles. The van der Waals surface area contributed by atoms with Gasteiger partial charge in [0.1, 0.15) is 6.04 Å². The number of rotatable bonds is 3. The van der Waals surface area contributed by atoms with Crippen molar-refractivity contribution in [1.82, 2.24) is 4.98 Å². The average Bonchev–Trinajstić information content (AvgIpc) is 2.52. The minimum absolute atomic E-state index is 0. The molecular formula is C18H19ClF3N3O. The van der Waals surface area contributed by atoms with Crippen LogP contribution in [-0.4, -0.2) is 16.9 Å². The van der Waals surface area contributed by atoms with Crippen molar-refractivity contribution >= 4 is 23.9 Å². The highest BCUT2D eigenvalue weighted by molar-refractivity contribution is 5.97. The number of fused-ring (bicyclic) bond motifs is 1. The number of hydrogen-bond acceptors (Lipinski definition) is 4. The number of anilines is 1. The van der Waals surface area contributed by atoms with Crippen molar-refractivity contribution in [3.05, 3.63) is 53.2 Å². The Labute approximate surface area is 155 Å². The van der Waals surface area contributed by atoms with Gasteiger partial charge >= 0.3 is 6.18 Å². The van der Waals surface area contributed by atoms with Gasteiger partial charge in [-0.1, -0.05) is 18.2 Å². The third kappa shape index (κ3) is 3.93. The zero-order valence-corrected chi connectivity index (χ0v) is 15.3. The number of hydrogen-bond donors (Lipinski definition) is 1. The van der Waals surface area contributed by atoms with Gasteiger partial charge in [0.2, 0.25) is 5.88 Å². The molecule has 140 valence electrons. The molecule has 0 fully saturated rings. The van der Waals surface area contributed by atoms with Crippen LogP contribution in [0.3, 0.4) is 0 Å². The molecule has 0 bridgehead atoms. The summed E-state index contributed by atoms with van der Waals surface area (Å²) in [5.41, 5.74) is 0.543. The number of alkyl halides is 3. The van der Waals surface area contributed by atoms with E-state index in [9.17, 15) is 13.2 Å². The standard InChI is InChI=1S/C18H18F3N3O.ClH/c1-10(2)25-17-15-14(8-9-22-17)23-11(3)24-16(15)12-6-4-5-7-13(12)18(19,20)21;/h4-10,16H,1-3H3,(H,23,24);1H. The van der Waals surface area contributed by atoms with Crippen molar-refractivity contribution in [3.8, 4) is 5.88 Å². The van der Waals surface area contributed by atoms with Gasteiger partial charge in [0.25, 0.3) is 0 Å². The lowest BCUT2D eigenvalue weighted by Crippen LogP contribution is -2.22. The lowest BCUT2D eigenvalue weighted by atomic mass is 9.93. The van der Waals surface area contributed by atoms with Crippen molar-refractivity contribution in [2.45, 2.75) is 39.1 Å². The van der Waals surface area contributed by atoms with Gasteiger partial charge in [-0.3, -0.25) is 4.99 Å². The van der Waals surface area contributed by atoms with Gasteiger partial charge in [0.15, 0.2) is 0 Å². The molecule has 3 rings (SSSR count). The first-order valence-electron chi connectivity index (χ1n) is 7.90. The number of pyridine rings is 1. The van der Waals surface area contributed by atoms with Crippen LogP contribution in [-0.2, 0) is 6.18 Å². The minimum atomic E-state index is -4.47. The topological polar surface area (TPSA) is 46.5 Å². The summed E-state index contributed by atoms with van der Waals surface area (Å²) in [7, 11) is 0. The normalized spacial score (nSPS) is 16.3. The summed E-state index contributed by atoms with van der Waals surface area (Å²) in [4.78, 5) is 8.63. The van der Waals surface area contributed by atoms with Crippen LogP contribution in [0.1, 0.15) is 43.5 Å². The lowest BCUT2D eigenvalue weighted by Gasteiger charge is -2.28.